The fourth-order valence-corrected chi connectivity index (χ4v) is 4.85. The molecule has 2 aromatic rings. The smallest absolute Gasteiger partial charge is 0.308 e. The number of halogens is 1. The van der Waals surface area contributed by atoms with Gasteiger partial charge in [-0.1, -0.05) is 18.2 Å². The molecule has 1 fully saturated rings. The average molecular weight is 373 g/mol. The molecule has 1 aromatic carbocycles. The number of aliphatic carboxylic acids is 1. The molecule has 1 saturated carbocycles. The summed E-state index contributed by atoms with van der Waals surface area (Å²) in [6.07, 6.45) is 2.58. The molecule has 0 amide bonds. The number of carbonyl (C=O) groups excluding carboxylic acids is 1. The molecule has 4 rings (SSSR count). The van der Waals surface area contributed by atoms with Gasteiger partial charge in [0.2, 0.25) is 0 Å². The lowest BCUT2D eigenvalue weighted by atomic mass is 9.95. The van der Waals surface area contributed by atoms with E-state index in [-0.39, 0.29) is 23.9 Å². The standard InChI is InChI=1S/C20H20FNO3S/c21-16-4-2-1-3-15(16)19(20(25)12-5-6-12)22-8-7-17-13(11-22)9-14(26-17)10-18(23)24/h1-4,9,12,19H,5-8,10-11H2,(H,23,24). The highest BCUT2D eigenvalue weighted by atomic mass is 32.1. The number of carbonyl (C=O) groups is 2. The van der Waals surface area contributed by atoms with Gasteiger partial charge in [0.05, 0.1) is 12.5 Å². The Hall–Kier alpha value is -2.05. The minimum atomic E-state index is -0.839. The summed E-state index contributed by atoms with van der Waals surface area (Å²) >= 11 is 1.54. The second-order valence-electron chi connectivity index (χ2n) is 7.05. The van der Waals surface area contributed by atoms with E-state index in [0.717, 1.165) is 29.7 Å². The molecule has 0 radical (unpaired) electrons. The second-order valence-corrected chi connectivity index (χ2v) is 8.27. The Bertz CT molecular complexity index is 858. The van der Waals surface area contributed by atoms with Crippen molar-refractivity contribution in [2.24, 2.45) is 5.92 Å². The monoisotopic (exact) mass is 373 g/mol. The van der Waals surface area contributed by atoms with Crippen LogP contribution in [0.1, 0.15) is 39.8 Å². The summed E-state index contributed by atoms with van der Waals surface area (Å²) in [4.78, 5) is 28.0. The Morgan fingerprint density at radius 2 is 2.08 bits per heavy atom. The van der Waals surface area contributed by atoms with Crippen LogP contribution >= 0.6 is 11.3 Å². The summed E-state index contributed by atoms with van der Waals surface area (Å²) in [6.45, 7) is 1.24. The number of hydrogen-bond donors (Lipinski definition) is 1. The Labute approximate surface area is 155 Å². The lowest BCUT2D eigenvalue weighted by Gasteiger charge is -2.34. The summed E-state index contributed by atoms with van der Waals surface area (Å²) in [6, 6.07) is 7.91. The molecule has 136 valence electrons. The summed E-state index contributed by atoms with van der Waals surface area (Å²) < 4.78 is 14.4. The molecule has 1 aliphatic carbocycles. The molecule has 4 nitrogen and oxygen atoms in total. The van der Waals surface area contributed by atoms with Crippen molar-refractivity contribution in [3.63, 3.8) is 0 Å². The maximum atomic E-state index is 14.4. The normalized spacial score (nSPS) is 18.3. The number of rotatable bonds is 6. The van der Waals surface area contributed by atoms with Crippen LogP contribution in [0.15, 0.2) is 30.3 Å². The molecule has 6 heteroatoms. The fourth-order valence-electron chi connectivity index (χ4n) is 3.69. The molecule has 26 heavy (non-hydrogen) atoms. The van der Waals surface area contributed by atoms with Gasteiger partial charge in [0.15, 0.2) is 5.78 Å². The van der Waals surface area contributed by atoms with Crippen LogP contribution in [0.3, 0.4) is 0 Å². The molecular weight excluding hydrogens is 353 g/mol. The maximum absolute atomic E-state index is 14.4. The zero-order valence-electron chi connectivity index (χ0n) is 14.3. The van der Waals surface area contributed by atoms with Crippen LogP contribution in [-0.4, -0.2) is 28.3 Å². The number of nitrogens with zero attached hydrogens (tertiary/aromatic N) is 1. The number of thiophene rings is 1. The molecule has 1 aliphatic heterocycles. The first-order valence-electron chi connectivity index (χ1n) is 8.87. The third-order valence-electron chi connectivity index (χ3n) is 5.09. The van der Waals surface area contributed by atoms with Crippen LogP contribution < -0.4 is 0 Å². The van der Waals surface area contributed by atoms with Crippen LogP contribution in [-0.2, 0) is 29.0 Å². The van der Waals surface area contributed by atoms with Crippen molar-refractivity contribution in [2.45, 2.75) is 38.3 Å². The lowest BCUT2D eigenvalue weighted by Crippen LogP contribution is -2.38. The van der Waals surface area contributed by atoms with E-state index in [4.69, 9.17) is 5.11 Å². The summed E-state index contributed by atoms with van der Waals surface area (Å²) in [5, 5.41) is 9.00. The zero-order valence-corrected chi connectivity index (χ0v) is 15.1. The molecule has 0 spiro atoms. The highest BCUT2D eigenvalue weighted by Crippen LogP contribution is 2.40. The second kappa shape index (κ2) is 6.93. The first-order chi connectivity index (χ1) is 12.5. The van der Waals surface area contributed by atoms with Crippen molar-refractivity contribution in [3.8, 4) is 0 Å². The molecule has 1 unspecified atom stereocenters. The van der Waals surface area contributed by atoms with Gasteiger partial charge >= 0.3 is 5.97 Å². The molecule has 2 heterocycles. The van der Waals surface area contributed by atoms with Gasteiger partial charge in [-0.25, -0.2) is 4.39 Å². The number of carboxylic acid groups (broad SMARTS) is 1. The third-order valence-corrected chi connectivity index (χ3v) is 6.32. The van der Waals surface area contributed by atoms with E-state index < -0.39 is 12.0 Å². The molecule has 1 aromatic heterocycles. The molecular formula is C20H20FNO3S. The Morgan fingerprint density at radius 1 is 1.31 bits per heavy atom. The molecule has 0 saturated heterocycles. The Morgan fingerprint density at radius 3 is 2.77 bits per heavy atom. The largest absolute Gasteiger partial charge is 0.481 e. The highest BCUT2D eigenvalue weighted by Gasteiger charge is 2.40. The number of Topliss-reactive ketones (excluding diaryl/α,β-unsaturated/α-hetero) is 1. The van der Waals surface area contributed by atoms with E-state index in [0.29, 0.717) is 18.7 Å². The van der Waals surface area contributed by atoms with Gasteiger partial charge in [0.25, 0.3) is 0 Å². The van der Waals surface area contributed by atoms with Crippen molar-refractivity contribution in [3.05, 3.63) is 57.0 Å². The van der Waals surface area contributed by atoms with Crippen molar-refractivity contribution >= 4 is 23.1 Å². The van der Waals surface area contributed by atoms with Crippen molar-refractivity contribution in [1.29, 1.82) is 0 Å². The predicted molar refractivity (Wildman–Crippen MR) is 96.6 cm³/mol. The number of ketones is 1. The molecule has 1 atom stereocenters. The highest BCUT2D eigenvalue weighted by molar-refractivity contribution is 7.12. The van der Waals surface area contributed by atoms with E-state index in [1.54, 1.807) is 18.2 Å². The van der Waals surface area contributed by atoms with E-state index in [2.05, 4.69) is 4.90 Å². The van der Waals surface area contributed by atoms with Crippen molar-refractivity contribution < 1.29 is 19.1 Å². The Kier molecular flexibility index (Phi) is 4.63. The molecule has 2 aliphatic rings. The van der Waals surface area contributed by atoms with Crippen LogP contribution in [0, 0.1) is 11.7 Å². The topological polar surface area (TPSA) is 57.6 Å². The van der Waals surface area contributed by atoms with Gasteiger partial charge in [-0.3, -0.25) is 14.5 Å². The van der Waals surface area contributed by atoms with Gasteiger partial charge in [0, 0.05) is 34.3 Å². The molecule has 0 bridgehead atoms. The van der Waals surface area contributed by atoms with Gasteiger partial charge < -0.3 is 5.11 Å². The van der Waals surface area contributed by atoms with Gasteiger partial charge in [-0.15, -0.1) is 11.3 Å². The predicted octanol–water partition coefficient (Wildman–Crippen LogP) is 3.59. The lowest BCUT2D eigenvalue weighted by molar-refractivity contribution is -0.136. The van der Waals surface area contributed by atoms with Crippen LogP contribution in [0.2, 0.25) is 0 Å². The average Bonchev–Trinajstić information content (AvgIpc) is 3.37. The quantitative estimate of drug-likeness (QED) is 0.841. The van der Waals surface area contributed by atoms with E-state index in [1.807, 2.05) is 6.07 Å². The van der Waals surface area contributed by atoms with Crippen molar-refractivity contribution in [1.82, 2.24) is 4.90 Å². The van der Waals surface area contributed by atoms with E-state index >= 15 is 0 Å². The number of fused-ring (bicyclic) bond motifs is 1. The number of carboxylic acids is 1. The minimum Gasteiger partial charge on any atom is -0.481 e. The SMILES string of the molecule is O=C(O)Cc1cc2c(s1)CCN(C(C(=O)C1CC1)c1ccccc1F)C2. The Balaban J connectivity index is 1.63. The third kappa shape index (κ3) is 3.44. The van der Waals surface area contributed by atoms with Crippen LogP contribution in [0.4, 0.5) is 4.39 Å². The molecule has 1 N–H and O–H groups in total. The summed E-state index contributed by atoms with van der Waals surface area (Å²) in [5.41, 5.74) is 1.52. The van der Waals surface area contributed by atoms with Gasteiger partial charge in [0.1, 0.15) is 5.82 Å². The minimum absolute atomic E-state index is 0.0232. The van der Waals surface area contributed by atoms with E-state index in [1.165, 1.54) is 22.3 Å². The van der Waals surface area contributed by atoms with Gasteiger partial charge in [-0.05, 0) is 37.0 Å². The van der Waals surface area contributed by atoms with Gasteiger partial charge in [-0.2, -0.15) is 0 Å². The number of benzene rings is 1. The van der Waals surface area contributed by atoms with Crippen LogP contribution in [0.25, 0.3) is 0 Å². The zero-order chi connectivity index (χ0) is 18.3. The van der Waals surface area contributed by atoms with Crippen molar-refractivity contribution in [2.75, 3.05) is 6.54 Å². The van der Waals surface area contributed by atoms with E-state index in [9.17, 15) is 14.0 Å². The first kappa shape index (κ1) is 17.4. The summed E-state index contributed by atoms with van der Waals surface area (Å²) in [5.74, 6) is -1.02. The first-order valence-corrected chi connectivity index (χ1v) is 9.69. The fraction of sp³-hybridized carbons (Fsp3) is 0.400. The number of hydrogen-bond acceptors (Lipinski definition) is 4. The van der Waals surface area contributed by atoms with Crippen LogP contribution in [0.5, 0.6) is 0 Å². The maximum Gasteiger partial charge on any atom is 0.308 e. The summed E-state index contributed by atoms with van der Waals surface area (Å²) in [7, 11) is 0.